The fraction of sp³-hybridized carbons (Fsp3) is 0.158. The van der Waals surface area contributed by atoms with Gasteiger partial charge in [0.2, 0.25) is 0 Å². The van der Waals surface area contributed by atoms with Crippen molar-refractivity contribution in [2.45, 2.75) is 20.4 Å². The van der Waals surface area contributed by atoms with Crippen LogP contribution < -0.4 is 16.2 Å². The number of aromatic nitrogens is 2. The Morgan fingerprint density at radius 3 is 2.50 bits per heavy atom. The number of nitrogens with one attached hydrogen (secondary N) is 2. The van der Waals surface area contributed by atoms with Crippen molar-refractivity contribution in [2.75, 3.05) is 10.6 Å². The number of hydrogen-bond donors (Lipinski definition) is 2. The van der Waals surface area contributed by atoms with Crippen molar-refractivity contribution in [3.8, 4) is 0 Å². The average molecular weight is 350 g/mol. The molecule has 0 spiro atoms. The lowest BCUT2D eigenvalue weighted by molar-refractivity contribution is 0.101. The molecule has 0 fully saturated rings. The molecular formula is C19H18N4O3. The summed E-state index contributed by atoms with van der Waals surface area (Å²) < 4.78 is 1.50. The maximum Gasteiger partial charge on any atom is 0.323 e. The van der Waals surface area contributed by atoms with Gasteiger partial charge in [-0.2, -0.15) is 0 Å². The minimum absolute atomic E-state index is 0.0803. The molecule has 0 aliphatic heterocycles. The zero-order valence-electron chi connectivity index (χ0n) is 14.4. The van der Waals surface area contributed by atoms with Crippen LogP contribution in [0.4, 0.5) is 16.2 Å². The zero-order valence-corrected chi connectivity index (χ0v) is 14.4. The van der Waals surface area contributed by atoms with Gasteiger partial charge in [0.25, 0.3) is 5.56 Å². The van der Waals surface area contributed by atoms with E-state index in [0.717, 1.165) is 0 Å². The van der Waals surface area contributed by atoms with Crippen LogP contribution in [0.15, 0.2) is 53.6 Å². The molecule has 3 aromatic rings. The molecule has 0 bridgehead atoms. The predicted octanol–water partition coefficient (Wildman–Crippen LogP) is 3.26. The molecule has 7 nitrogen and oxygen atoms in total. The minimum atomic E-state index is -0.468. The van der Waals surface area contributed by atoms with Gasteiger partial charge in [0.1, 0.15) is 0 Å². The number of fused-ring (bicyclic) bond motifs is 1. The van der Waals surface area contributed by atoms with Crippen LogP contribution in [-0.4, -0.2) is 21.4 Å². The summed E-state index contributed by atoms with van der Waals surface area (Å²) in [5.41, 5.74) is 1.91. The molecule has 0 unspecified atom stereocenters. The first-order valence-electron chi connectivity index (χ1n) is 8.16. The summed E-state index contributed by atoms with van der Waals surface area (Å²) in [5.74, 6) is -0.0803. The molecule has 1 heterocycles. The molecule has 0 atom stereocenters. The number of carbonyl (C=O) groups excluding carboxylic acids is 2. The normalized spacial score (nSPS) is 10.5. The average Bonchev–Trinajstić information content (AvgIpc) is 2.62. The fourth-order valence-electron chi connectivity index (χ4n) is 2.57. The Labute approximate surface area is 149 Å². The predicted molar refractivity (Wildman–Crippen MR) is 101 cm³/mol. The van der Waals surface area contributed by atoms with E-state index in [1.54, 1.807) is 42.5 Å². The van der Waals surface area contributed by atoms with Crippen molar-refractivity contribution in [1.29, 1.82) is 0 Å². The number of benzene rings is 2. The van der Waals surface area contributed by atoms with Crippen molar-refractivity contribution in [1.82, 2.24) is 9.55 Å². The highest BCUT2D eigenvalue weighted by Gasteiger charge is 2.08. The number of hydrogen-bond acceptors (Lipinski definition) is 4. The van der Waals surface area contributed by atoms with E-state index in [2.05, 4.69) is 15.6 Å². The van der Waals surface area contributed by atoms with Crippen molar-refractivity contribution in [3.05, 3.63) is 64.7 Å². The van der Waals surface area contributed by atoms with Gasteiger partial charge in [-0.3, -0.25) is 14.2 Å². The van der Waals surface area contributed by atoms with E-state index in [4.69, 9.17) is 0 Å². The van der Waals surface area contributed by atoms with Gasteiger partial charge in [0, 0.05) is 23.5 Å². The first kappa shape index (κ1) is 17.3. The monoisotopic (exact) mass is 350 g/mol. The Kier molecular flexibility index (Phi) is 4.79. The maximum atomic E-state index is 12.4. The number of amides is 2. The highest BCUT2D eigenvalue weighted by molar-refractivity contribution is 6.02. The van der Waals surface area contributed by atoms with Crippen LogP contribution in [0.5, 0.6) is 0 Å². The Morgan fingerprint density at radius 1 is 1.08 bits per heavy atom. The van der Waals surface area contributed by atoms with E-state index in [-0.39, 0.29) is 11.3 Å². The van der Waals surface area contributed by atoms with Gasteiger partial charge in [0.15, 0.2) is 5.78 Å². The number of anilines is 2. The first-order valence-corrected chi connectivity index (χ1v) is 8.16. The third-order valence-corrected chi connectivity index (χ3v) is 3.95. The molecule has 0 saturated carbocycles. The lowest BCUT2D eigenvalue weighted by atomic mass is 10.1. The topological polar surface area (TPSA) is 93.1 Å². The summed E-state index contributed by atoms with van der Waals surface area (Å²) in [6, 6.07) is 11.2. The summed E-state index contributed by atoms with van der Waals surface area (Å²) in [5, 5.41) is 5.79. The quantitative estimate of drug-likeness (QED) is 0.706. The second-order valence-electron chi connectivity index (χ2n) is 5.78. The molecule has 0 aliphatic rings. The van der Waals surface area contributed by atoms with Crippen LogP contribution in [0.1, 0.15) is 24.2 Å². The number of rotatable bonds is 4. The van der Waals surface area contributed by atoms with Crippen LogP contribution in [0.25, 0.3) is 10.9 Å². The second kappa shape index (κ2) is 7.18. The smallest absolute Gasteiger partial charge is 0.308 e. The molecule has 3 rings (SSSR count). The van der Waals surface area contributed by atoms with Gasteiger partial charge in [0.05, 0.1) is 17.2 Å². The maximum absolute atomic E-state index is 12.4. The van der Waals surface area contributed by atoms with Crippen molar-refractivity contribution in [2.24, 2.45) is 0 Å². The molecule has 0 aliphatic carbocycles. The molecule has 2 N–H and O–H groups in total. The van der Waals surface area contributed by atoms with E-state index >= 15 is 0 Å². The lowest BCUT2D eigenvalue weighted by Crippen LogP contribution is -2.21. The molecule has 2 amide bonds. The van der Waals surface area contributed by atoms with Crippen LogP contribution in [0.2, 0.25) is 0 Å². The Morgan fingerprint density at radius 2 is 1.81 bits per heavy atom. The standard InChI is InChI=1S/C19H18N4O3/c1-3-23-11-20-17-8-7-15(10-16(17)18(23)25)22-19(26)21-14-6-4-5-13(9-14)12(2)24/h4-11H,3H2,1-2H3,(H2,21,22,26). The molecule has 7 heteroatoms. The molecule has 26 heavy (non-hydrogen) atoms. The number of carbonyl (C=O) groups is 2. The highest BCUT2D eigenvalue weighted by Crippen LogP contribution is 2.16. The van der Waals surface area contributed by atoms with Crippen molar-refractivity contribution >= 4 is 34.1 Å². The molecule has 0 saturated heterocycles. The minimum Gasteiger partial charge on any atom is -0.308 e. The number of aryl methyl sites for hydroxylation is 1. The molecule has 1 aromatic heterocycles. The number of ketones is 1. The summed E-state index contributed by atoms with van der Waals surface area (Å²) >= 11 is 0. The highest BCUT2D eigenvalue weighted by atomic mass is 16.2. The summed E-state index contributed by atoms with van der Waals surface area (Å²) in [6.45, 7) is 3.84. The third-order valence-electron chi connectivity index (χ3n) is 3.95. The van der Waals surface area contributed by atoms with Crippen LogP contribution in [0.3, 0.4) is 0 Å². The first-order chi connectivity index (χ1) is 12.5. The summed E-state index contributed by atoms with van der Waals surface area (Å²) in [6.07, 6.45) is 1.51. The number of urea groups is 1. The van der Waals surface area contributed by atoms with E-state index in [9.17, 15) is 14.4 Å². The van der Waals surface area contributed by atoms with E-state index in [1.165, 1.54) is 17.8 Å². The largest absolute Gasteiger partial charge is 0.323 e. The Balaban J connectivity index is 1.81. The van der Waals surface area contributed by atoms with Gasteiger partial charge in [-0.1, -0.05) is 12.1 Å². The fourth-order valence-corrected chi connectivity index (χ4v) is 2.57. The van der Waals surface area contributed by atoms with Gasteiger partial charge < -0.3 is 10.6 Å². The summed E-state index contributed by atoms with van der Waals surface area (Å²) in [4.78, 5) is 40.2. The Hall–Kier alpha value is -3.48. The van der Waals surface area contributed by atoms with Crippen LogP contribution in [0, 0.1) is 0 Å². The molecular weight excluding hydrogens is 332 g/mol. The van der Waals surface area contributed by atoms with Gasteiger partial charge >= 0.3 is 6.03 Å². The lowest BCUT2D eigenvalue weighted by Gasteiger charge is -2.09. The Bertz CT molecular complexity index is 1060. The summed E-state index contributed by atoms with van der Waals surface area (Å²) in [7, 11) is 0. The van der Waals surface area contributed by atoms with Gasteiger partial charge in [-0.15, -0.1) is 0 Å². The van der Waals surface area contributed by atoms with Crippen LogP contribution in [-0.2, 0) is 6.54 Å². The third kappa shape index (κ3) is 3.61. The SMILES string of the molecule is CCn1cnc2ccc(NC(=O)Nc3cccc(C(C)=O)c3)cc2c1=O. The van der Waals surface area contributed by atoms with Gasteiger partial charge in [-0.25, -0.2) is 9.78 Å². The van der Waals surface area contributed by atoms with E-state index < -0.39 is 6.03 Å². The second-order valence-corrected chi connectivity index (χ2v) is 5.78. The molecule has 2 aromatic carbocycles. The van der Waals surface area contributed by atoms with E-state index in [1.807, 2.05) is 6.92 Å². The van der Waals surface area contributed by atoms with Gasteiger partial charge in [-0.05, 0) is 44.2 Å². The van der Waals surface area contributed by atoms with Crippen molar-refractivity contribution in [3.63, 3.8) is 0 Å². The molecule has 0 radical (unpaired) electrons. The zero-order chi connectivity index (χ0) is 18.7. The van der Waals surface area contributed by atoms with Crippen LogP contribution >= 0.6 is 0 Å². The number of nitrogens with zero attached hydrogens (tertiary/aromatic N) is 2. The number of Topliss-reactive ketones (excluding diaryl/α,β-unsaturated/α-hetero) is 1. The van der Waals surface area contributed by atoms with E-state index in [0.29, 0.717) is 34.4 Å². The molecule has 132 valence electrons. The van der Waals surface area contributed by atoms with Crippen molar-refractivity contribution < 1.29 is 9.59 Å².